The summed E-state index contributed by atoms with van der Waals surface area (Å²) in [5.41, 5.74) is 7.29. The van der Waals surface area contributed by atoms with Crippen molar-refractivity contribution >= 4 is 11.6 Å². The van der Waals surface area contributed by atoms with E-state index < -0.39 is 0 Å². The number of hydrogen-bond donors (Lipinski definition) is 1. The van der Waals surface area contributed by atoms with Crippen LogP contribution in [-0.2, 0) is 15.9 Å². The molecule has 3 nitrogen and oxygen atoms in total. The Bertz CT molecular complexity index is 374. The summed E-state index contributed by atoms with van der Waals surface area (Å²) in [5.74, 6) is 0. The summed E-state index contributed by atoms with van der Waals surface area (Å²) in [6.45, 7) is 1.45. The Kier molecular flexibility index (Phi) is 4.62. The van der Waals surface area contributed by atoms with Gasteiger partial charge in [0.25, 0.3) is 0 Å². The van der Waals surface area contributed by atoms with Gasteiger partial charge in [0.15, 0.2) is 0 Å². The van der Waals surface area contributed by atoms with Gasteiger partial charge >= 0.3 is 0 Å². The van der Waals surface area contributed by atoms with E-state index in [1.807, 2.05) is 24.3 Å². The average Bonchev–Trinajstić information content (AvgIpc) is 2.42. The highest BCUT2D eigenvalue weighted by atomic mass is 35.5. The lowest BCUT2D eigenvalue weighted by Gasteiger charge is -2.40. The molecule has 1 saturated heterocycles. The number of methoxy groups -OCH3 is 1. The highest BCUT2D eigenvalue weighted by Crippen LogP contribution is 2.29. The van der Waals surface area contributed by atoms with Crippen LogP contribution in [0.1, 0.15) is 18.4 Å². The molecular formula is C14H20ClNO2. The van der Waals surface area contributed by atoms with Crippen LogP contribution in [0.4, 0.5) is 0 Å². The minimum atomic E-state index is -0.252. The molecule has 1 heterocycles. The van der Waals surface area contributed by atoms with Gasteiger partial charge in [-0.25, -0.2) is 0 Å². The molecule has 1 aromatic rings. The van der Waals surface area contributed by atoms with Crippen LogP contribution in [0.2, 0.25) is 5.02 Å². The summed E-state index contributed by atoms with van der Waals surface area (Å²) in [7, 11) is 1.74. The van der Waals surface area contributed by atoms with Crippen LogP contribution >= 0.6 is 11.6 Å². The molecule has 1 unspecified atom stereocenters. The number of rotatable bonds is 4. The van der Waals surface area contributed by atoms with Crippen molar-refractivity contribution in [3.63, 3.8) is 0 Å². The molecule has 1 aliphatic rings. The second-order valence-electron chi connectivity index (χ2n) is 4.82. The first kappa shape index (κ1) is 13.8. The maximum atomic E-state index is 6.35. The van der Waals surface area contributed by atoms with Gasteiger partial charge in [-0.1, -0.05) is 23.7 Å². The topological polar surface area (TPSA) is 44.5 Å². The Balaban J connectivity index is 2.05. The number of nitrogens with two attached hydrogens (primary N) is 1. The zero-order chi connectivity index (χ0) is 13.0. The Morgan fingerprint density at radius 2 is 1.94 bits per heavy atom. The van der Waals surface area contributed by atoms with Crippen molar-refractivity contribution in [2.75, 3.05) is 20.3 Å². The van der Waals surface area contributed by atoms with Crippen molar-refractivity contribution in [3.8, 4) is 0 Å². The second kappa shape index (κ2) is 6.02. The van der Waals surface area contributed by atoms with Crippen molar-refractivity contribution in [3.05, 3.63) is 34.9 Å². The predicted molar refractivity (Wildman–Crippen MR) is 72.9 cm³/mol. The first-order valence-corrected chi connectivity index (χ1v) is 6.67. The van der Waals surface area contributed by atoms with E-state index in [4.69, 9.17) is 26.8 Å². The predicted octanol–water partition coefficient (Wildman–Crippen LogP) is 2.41. The largest absolute Gasteiger partial charge is 0.381 e. The first-order valence-electron chi connectivity index (χ1n) is 6.29. The highest BCUT2D eigenvalue weighted by Gasteiger charge is 2.38. The van der Waals surface area contributed by atoms with Crippen LogP contribution in [0.15, 0.2) is 24.3 Å². The van der Waals surface area contributed by atoms with E-state index in [1.165, 1.54) is 5.56 Å². The molecule has 1 fully saturated rings. The molecule has 0 radical (unpaired) electrons. The fourth-order valence-electron chi connectivity index (χ4n) is 2.50. The first-order chi connectivity index (χ1) is 8.66. The van der Waals surface area contributed by atoms with E-state index in [2.05, 4.69) is 0 Å². The summed E-state index contributed by atoms with van der Waals surface area (Å²) < 4.78 is 11.1. The number of benzene rings is 1. The Labute approximate surface area is 113 Å². The lowest BCUT2D eigenvalue weighted by Crippen LogP contribution is -2.53. The quantitative estimate of drug-likeness (QED) is 0.913. The summed E-state index contributed by atoms with van der Waals surface area (Å²) >= 11 is 5.88. The smallest absolute Gasteiger partial charge is 0.0875 e. The van der Waals surface area contributed by atoms with Gasteiger partial charge in [-0.2, -0.15) is 0 Å². The standard InChI is InChI=1S/C14H20ClNO2/c1-17-14(6-8-18-9-7-14)13(16)10-11-2-4-12(15)5-3-11/h2-5,13H,6-10,16H2,1H3. The molecule has 1 aliphatic heterocycles. The molecule has 0 aliphatic carbocycles. The van der Waals surface area contributed by atoms with Gasteiger partial charge in [-0.15, -0.1) is 0 Å². The summed E-state index contributed by atoms with van der Waals surface area (Å²) in [4.78, 5) is 0. The third kappa shape index (κ3) is 3.04. The molecule has 2 N–H and O–H groups in total. The minimum absolute atomic E-state index is 0.0208. The van der Waals surface area contributed by atoms with Crippen LogP contribution in [0.3, 0.4) is 0 Å². The summed E-state index contributed by atoms with van der Waals surface area (Å²) in [6, 6.07) is 7.81. The SMILES string of the molecule is COC1(C(N)Cc2ccc(Cl)cc2)CCOCC1. The summed E-state index contributed by atoms with van der Waals surface area (Å²) in [6.07, 6.45) is 2.52. The van der Waals surface area contributed by atoms with Crippen molar-refractivity contribution in [2.24, 2.45) is 5.73 Å². The van der Waals surface area contributed by atoms with Crippen LogP contribution in [0.25, 0.3) is 0 Å². The molecule has 0 spiro atoms. The Hall–Kier alpha value is -0.610. The minimum Gasteiger partial charge on any atom is -0.381 e. The summed E-state index contributed by atoms with van der Waals surface area (Å²) in [5, 5.41) is 0.750. The maximum absolute atomic E-state index is 6.35. The third-order valence-electron chi connectivity index (χ3n) is 3.79. The molecule has 0 saturated carbocycles. The average molecular weight is 270 g/mol. The Morgan fingerprint density at radius 3 is 2.50 bits per heavy atom. The molecular weight excluding hydrogens is 250 g/mol. The van der Waals surface area contributed by atoms with Crippen LogP contribution in [0.5, 0.6) is 0 Å². The normalized spacial score (nSPS) is 20.6. The van der Waals surface area contributed by atoms with Gasteiger partial charge < -0.3 is 15.2 Å². The van der Waals surface area contributed by atoms with Gasteiger partial charge in [-0.05, 0) is 24.1 Å². The van der Waals surface area contributed by atoms with Crippen LogP contribution in [-0.4, -0.2) is 32.0 Å². The Morgan fingerprint density at radius 1 is 1.33 bits per heavy atom. The highest BCUT2D eigenvalue weighted by molar-refractivity contribution is 6.30. The molecule has 18 heavy (non-hydrogen) atoms. The van der Waals surface area contributed by atoms with Crippen molar-refractivity contribution in [2.45, 2.75) is 30.9 Å². The monoisotopic (exact) mass is 269 g/mol. The molecule has 0 bridgehead atoms. The lowest BCUT2D eigenvalue weighted by molar-refractivity contribution is -0.103. The van der Waals surface area contributed by atoms with E-state index in [0.29, 0.717) is 0 Å². The zero-order valence-corrected chi connectivity index (χ0v) is 11.5. The van der Waals surface area contributed by atoms with Gasteiger partial charge in [-0.3, -0.25) is 0 Å². The van der Waals surface area contributed by atoms with Crippen molar-refractivity contribution in [1.29, 1.82) is 0 Å². The fraction of sp³-hybridized carbons (Fsp3) is 0.571. The molecule has 0 aromatic heterocycles. The molecule has 1 aromatic carbocycles. The molecule has 0 amide bonds. The van der Waals surface area contributed by atoms with Crippen molar-refractivity contribution in [1.82, 2.24) is 0 Å². The van der Waals surface area contributed by atoms with E-state index in [0.717, 1.165) is 37.5 Å². The van der Waals surface area contributed by atoms with Crippen LogP contribution in [0, 0.1) is 0 Å². The van der Waals surface area contributed by atoms with Gasteiger partial charge in [0.05, 0.1) is 5.60 Å². The lowest BCUT2D eigenvalue weighted by atomic mass is 9.83. The molecule has 1 atom stereocenters. The van der Waals surface area contributed by atoms with Gasteiger partial charge in [0, 0.05) is 44.2 Å². The van der Waals surface area contributed by atoms with Gasteiger partial charge in [0.2, 0.25) is 0 Å². The van der Waals surface area contributed by atoms with Gasteiger partial charge in [0.1, 0.15) is 0 Å². The van der Waals surface area contributed by atoms with E-state index in [1.54, 1.807) is 7.11 Å². The molecule has 2 rings (SSSR count). The maximum Gasteiger partial charge on any atom is 0.0875 e. The van der Waals surface area contributed by atoms with E-state index >= 15 is 0 Å². The molecule has 100 valence electrons. The number of halogens is 1. The van der Waals surface area contributed by atoms with Crippen molar-refractivity contribution < 1.29 is 9.47 Å². The third-order valence-corrected chi connectivity index (χ3v) is 4.04. The van der Waals surface area contributed by atoms with Crippen LogP contribution < -0.4 is 5.73 Å². The number of ether oxygens (including phenoxy) is 2. The fourth-order valence-corrected chi connectivity index (χ4v) is 2.63. The molecule has 4 heteroatoms. The van der Waals surface area contributed by atoms with E-state index in [9.17, 15) is 0 Å². The second-order valence-corrected chi connectivity index (χ2v) is 5.25. The van der Waals surface area contributed by atoms with E-state index in [-0.39, 0.29) is 11.6 Å². The zero-order valence-electron chi connectivity index (χ0n) is 10.7. The number of hydrogen-bond acceptors (Lipinski definition) is 3.